The third-order valence-electron chi connectivity index (χ3n) is 6.85. The van der Waals surface area contributed by atoms with Gasteiger partial charge < -0.3 is 15.0 Å². The van der Waals surface area contributed by atoms with Crippen LogP contribution in [0.2, 0.25) is 0 Å². The van der Waals surface area contributed by atoms with Gasteiger partial charge in [-0.1, -0.05) is 32.9 Å². The Balaban J connectivity index is 1.26. The van der Waals surface area contributed by atoms with Crippen LogP contribution in [0.25, 0.3) is 0 Å². The van der Waals surface area contributed by atoms with Crippen LogP contribution in [0.1, 0.15) is 75.2 Å². The number of rotatable bonds is 4. The molecule has 2 aliphatic heterocycles. The molecular weight excluding hydrogens is 390 g/mol. The van der Waals surface area contributed by atoms with Gasteiger partial charge in [0.05, 0.1) is 0 Å². The zero-order chi connectivity index (χ0) is 22.0. The molecule has 3 aliphatic rings. The predicted octanol–water partition coefficient (Wildman–Crippen LogP) is 3.94. The number of alkyl carbamates (subject to hydrolysis) is 1. The van der Waals surface area contributed by atoms with Crippen LogP contribution < -0.4 is 5.32 Å². The molecule has 4 rings (SSSR count). The molecule has 1 aromatic rings. The van der Waals surface area contributed by atoms with E-state index in [1.165, 1.54) is 5.56 Å². The highest BCUT2D eigenvalue weighted by Crippen LogP contribution is 2.25. The molecule has 0 aromatic heterocycles. The number of amides is 2. The molecule has 1 aliphatic carbocycles. The molecule has 6 nitrogen and oxygen atoms in total. The fraction of sp³-hybridized carbons (Fsp3) is 0.680. The van der Waals surface area contributed by atoms with Gasteiger partial charge in [-0.3, -0.25) is 9.69 Å². The summed E-state index contributed by atoms with van der Waals surface area (Å²) in [6.07, 6.45) is 5.82. The van der Waals surface area contributed by atoms with E-state index in [-0.39, 0.29) is 23.5 Å². The number of piperidine rings is 2. The molecule has 2 saturated heterocycles. The van der Waals surface area contributed by atoms with Crippen LogP contribution in [0, 0.1) is 0 Å². The average Bonchev–Trinajstić information content (AvgIpc) is 3.57. The molecule has 1 atom stereocenters. The van der Waals surface area contributed by atoms with Crippen molar-refractivity contribution in [3.63, 3.8) is 0 Å². The van der Waals surface area contributed by atoms with Crippen molar-refractivity contribution in [2.24, 2.45) is 0 Å². The van der Waals surface area contributed by atoms with Crippen molar-refractivity contribution in [1.29, 1.82) is 0 Å². The molecular formula is C25H37N3O3. The van der Waals surface area contributed by atoms with Crippen LogP contribution in [0.4, 0.5) is 4.79 Å². The van der Waals surface area contributed by atoms with Crippen LogP contribution >= 0.6 is 0 Å². The monoisotopic (exact) mass is 427 g/mol. The Morgan fingerprint density at radius 1 is 0.968 bits per heavy atom. The van der Waals surface area contributed by atoms with Crippen LogP contribution in [0.3, 0.4) is 0 Å². The molecule has 3 fully saturated rings. The second kappa shape index (κ2) is 9.19. The lowest BCUT2D eigenvalue weighted by atomic mass is 9.86. The zero-order valence-electron chi connectivity index (χ0n) is 19.2. The molecule has 1 aromatic carbocycles. The number of ether oxygens (including phenoxy) is 1. The van der Waals surface area contributed by atoms with Gasteiger partial charge in [-0.2, -0.15) is 0 Å². The molecule has 170 valence electrons. The van der Waals surface area contributed by atoms with Gasteiger partial charge >= 0.3 is 6.09 Å². The first kappa shape index (κ1) is 22.1. The number of nitrogens with zero attached hydrogens (tertiary/aromatic N) is 2. The normalized spacial score (nSPS) is 23.5. The predicted molar refractivity (Wildman–Crippen MR) is 121 cm³/mol. The van der Waals surface area contributed by atoms with Crippen molar-refractivity contribution in [1.82, 2.24) is 15.1 Å². The number of hydrogen-bond donors (Lipinski definition) is 1. The quantitative estimate of drug-likeness (QED) is 0.791. The summed E-state index contributed by atoms with van der Waals surface area (Å²) in [5.41, 5.74) is 2.11. The van der Waals surface area contributed by atoms with E-state index in [1.54, 1.807) is 0 Å². The van der Waals surface area contributed by atoms with Gasteiger partial charge in [-0.05, 0) is 68.2 Å². The van der Waals surface area contributed by atoms with Gasteiger partial charge in [0, 0.05) is 37.3 Å². The molecule has 0 spiro atoms. The highest BCUT2D eigenvalue weighted by atomic mass is 16.6. The summed E-state index contributed by atoms with van der Waals surface area (Å²) in [6, 6.07) is 8.88. The number of nitrogens with one attached hydrogen (secondary N) is 1. The van der Waals surface area contributed by atoms with Crippen molar-refractivity contribution < 1.29 is 14.3 Å². The Kier molecular flexibility index (Phi) is 6.56. The lowest BCUT2D eigenvalue weighted by molar-refractivity contribution is 0.0116. The van der Waals surface area contributed by atoms with E-state index in [1.807, 2.05) is 17.0 Å². The first-order valence-corrected chi connectivity index (χ1v) is 11.9. The van der Waals surface area contributed by atoms with Crippen LogP contribution in [-0.2, 0) is 10.2 Å². The van der Waals surface area contributed by atoms with Crippen LogP contribution in [0.15, 0.2) is 24.3 Å². The Hall–Kier alpha value is -2.08. The molecule has 2 amide bonds. The van der Waals surface area contributed by atoms with E-state index in [0.717, 1.165) is 70.3 Å². The number of likely N-dealkylation sites (tertiary alicyclic amines) is 2. The van der Waals surface area contributed by atoms with Gasteiger partial charge in [0.1, 0.15) is 6.10 Å². The highest BCUT2D eigenvalue weighted by molar-refractivity contribution is 5.94. The first-order chi connectivity index (χ1) is 14.8. The fourth-order valence-electron chi connectivity index (χ4n) is 4.70. The van der Waals surface area contributed by atoms with Crippen LogP contribution in [0.5, 0.6) is 0 Å². The maximum Gasteiger partial charge on any atom is 0.407 e. The summed E-state index contributed by atoms with van der Waals surface area (Å²) in [6.45, 7) is 9.99. The topological polar surface area (TPSA) is 61.9 Å². The Morgan fingerprint density at radius 2 is 1.65 bits per heavy atom. The van der Waals surface area contributed by atoms with Gasteiger partial charge in [-0.25, -0.2) is 4.79 Å². The molecule has 1 saturated carbocycles. The Bertz CT molecular complexity index is 774. The largest absolute Gasteiger partial charge is 0.445 e. The molecule has 1 N–H and O–H groups in total. The zero-order valence-corrected chi connectivity index (χ0v) is 19.2. The second-order valence-electron chi connectivity index (χ2n) is 10.4. The highest BCUT2D eigenvalue weighted by Gasteiger charge is 2.32. The maximum absolute atomic E-state index is 13.0. The first-order valence-electron chi connectivity index (χ1n) is 11.9. The molecule has 31 heavy (non-hydrogen) atoms. The molecule has 1 unspecified atom stereocenters. The molecule has 2 heterocycles. The van der Waals surface area contributed by atoms with E-state index in [2.05, 4.69) is 43.1 Å². The number of carbonyl (C=O) groups is 2. The smallest absolute Gasteiger partial charge is 0.407 e. The maximum atomic E-state index is 13.0. The van der Waals surface area contributed by atoms with Crippen molar-refractivity contribution in [2.75, 3.05) is 26.2 Å². The second-order valence-corrected chi connectivity index (χ2v) is 10.4. The summed E-state index contributed by atoms with van der Waals surface area (Å²) in [7, 11) is 0. The summed E-state index contributed by atoms with van der Waals surface area (Å²) < 4.78 is 5.66. The molecule has 6 heteroatoms. The van der Waals surface area contributed by atoms with Gasteiger partial charge in [0.2, 0.25) is 0 Å². The van der Waals surface area contributed by atoms with Gasteiger partial charge in [0.25, 0.3) is 5.91 Å². The average molecular weight is 428 g/mol. The van der Waals surface area contributed by atoms with Crippen molar-refractivity contribution in [2.45, 2.75) is 82.9 Å². The summed E-state index contributed by atoms with van der Waals surface area (Å²) in [5.74, 6) is 0.135. The van der Waals surface area contributed by atoms with Gasteiger partial charge in [-0.15, -0.1) is 0 Å². The molecule has 0 bridgehead atoms. The summed E-state index contributed by atoms with van der Waals surface area (Å²) in [4.78, 5) is 29.4. The summed E-state index contributed by atoms with van der Waals surface area (Å²) >= 11 is 0. The number of hydrogen-bond acceptors (Lipinski definition) is 4. The van der Waals surface area contributed by atoms with E-state index in [0.29, 0.717) is 12.1 Å². The standard InChI is InChI=1S/C25H37N3O3/c1-25(2,3)19-8-6-18(7-9-19)23(29)27-15-12-21(13-16-27)28-14-4-5-22(17-28)31-24(30)26-20-10-11-20/h6-9,20-22H,4-5,10-17H2,1-3H3,(H,26,30). The molecule has 0 radical (unpaired) electrons. The van der Waals surface area contributed by atoms with Gasteiger partial charge in [0.15, 0.2) is 0 Å². The van der Waals surface area contributed by atoms with E-state index in [9.17, 15) is 9.59 Å². The van der Waals surface area contributed by atoms with Crippen LogP contribution in [-0.4, -0.2) is 66.2 Å². The van der Waals surface area contributed by atoms with E-state index >= 15 is 0 Å². The van der Waals surface area contributed by atoms with Crippen molar-refractivity contribution in [3.8, 4) is 0 Å². The SMILES string of the molecule is CC(C)(C)c1ccc(C(=O)N2CCC(N3CCCC(OC(=O)NC4CC4)C3)CC2)cc1. The minimum atomic E-state index is -0.257. The number of benzene rings is 1. The Morgan fingerprint density at radius 3 is 2.26 bits per heavy atom. The minimum Gasteiger partial charge on any atom is -0.445 e. The van der Waals surface area contributed by atoms with E-state index < -0.39 is 0 Å². The third kappa shape index (κ3) is 5.79. The minimum absolute atomic E-state index is 0.0199. The van der Waals surface area contributed by atoms with Crippen molar-refractivity contribution >= 4 is 12.0 Å². The Labute approximate surface area is 186 Å². The lowest BCUT2D eigenvalue weighted by Crippen LogP contribution is -2.51. The van der Waals surface area contributed by atoms with E-state index in [4.69, 9.17) is 4.74 Å². The number of carbonyl (C=O) groups excluding carboxylic acids is 2. The summed E-state index contributed by atoms with van der Waals surface area (Å²) in [5, 5.41) is 2.92. The van der Waals surface area contributed by atoms with Crippen molar-refractivity contribution in [3.05, 3.63) is 35.4 Å². The third-order valence-corrected chi connectivity index (χ3v) is 6.85. The lowest BCUT2D eigenvalue weighted by Gasteiger charge is -2.42. The fourth-order valence-corrected chi connectivity index (χ4v) is 4.70.